The maximum Gasteiger partial charge on any atom is 0.150 e. The first-order valence-corrected chi connectivity index (χ1v) is 11.8. The molecule has 0 aliphatic carbocycles. The van der Waals surface area contributed by atoms with E-state index in [1.54, 1.807) is 17.7 Å². The summed E-state index contributed by atoms with van der Waals surface area (Å²) in [6.07, 6.45) is 2.45. The Kier molecular flexibility index (Phi) is 5.45. The van der Waals surface area contributed by atoms with Crippen LogP contribution in [0.2, 0.25) is 0 Å². The highest BCUT2D eigenvalue weighted by Gasteiger charge is 2.33. The summed E-state index contributed by atoms with van der Waals surface area (Å²) in [5.41, 5.74) is 3.19. The number of aromatic nitrogens is 3. The number of aliphatic hydroxyl groups excluding tert-OH is 1. The van der Waals surface area contributed by atoms with Gasteiger partial charge in [-0.1, -0.05) is 0 Å². The Bertz CT molecular complexity index is 1110. The molecule has 8 nitrogen and oxygen atoms in total. The molecule has 0 radical (unpaired) electrons. The number of hydrogen-bond donors (Lipinski definition) is 1. The van der Waals surface area contributed by atoms with Gasteiger partial charge in [0.25, 0.3) is 0 Å². The molecule has 1 saturated heterocycles. The van der Waals surface area contributed by atoms with Gasteiger partial charge in [-0.15, -0.1) is 11.3 Å². The van der Waals surface area contributed by atoms with Crippen molar-refractivity contribution in [1.82, 2.24) is 15.0 Å². The van der Waals surface area contributed by atoms with Crippen LogP contribution in [0.5, 0.6) is 0 Å². The third-order valence-corrected chi connectivity index (χ3v) is 7.22. The molecule has 1 N–H and O–H groups in total. The number of rotatable bonds is 5. The summed E-state index contributed by atoms with van der Waals surface area (Å²) in [6.45, 7) is 11.4. The number of fused-ring (bicyclic) bond motifs is 5. The third-order valence-electron chi connectivity index (χ3n) is 6.15. The van der Waals surface area contributed by atoms with E-state index in [-0.39, 0.29) is 12.2 Å². The molecule has 1 fully saturated rings. The van der Waals surface area contributed by atoms with E-state index in [4.69, 9.17) is 19.4 Å². The van der Waals surface area contributed by atoms with Crippen LogP contribution < -0.4 is 9.80 Å². The van der Waals surface area contributed by atoms with Crippen molar-refractivity contribution in [2.24, 2.45) is 0 Å². The first kappa shape index (κ1) is 20.8. The van der Waals surface area contributed by atoms with Crippen LogP contribution in [-0.2, 0) is 22.5 Å². The molecule has 0 bridgehead atoms. The Balaban J connectivity index is 1.76. The number of nitrogens with zero attached hydrogens (tertiary/aromatic N) is 5. The monoisotopic (exact) mass is 443 g/mol. The lowest BCUT2D eigenvalue weighted by Crippen LogP contribution is -2.39. The van der Waals surface area contributed by atoms with Gasteiger partial charge in [0.1, 0.15) is 22.8 Å². The largest absolute Gasteiger partial charge is 0.395 e. The highest BCUT2D eigenvalue weighted by atomic mass is 32.1. The van der Waals surface area contributed by atoms with Crippen molar-refractivity contribution in [3.8, 4) is 0 Å². The van der Waals surface area contributed by atoms with E-state index < -0.39 is 0 Å². The average Bonchev–Trinajstić information content (AvgIpc) is 3.16. The zero-order valence-corrected chi connectivity index (χ0v) is 19.2. The smallest absolute Gasteiger partial charge is 0.150 e. The maximum atomic E-state index is 9.51. The van der Waals surface area contributed by atoms with E-state index >= 15 is 0 Å². The number of anilines is 2. The number of thiophene rings is 1. The second-order valence-corrected chi connectivity index (χ2v) is 9.68. The van der Waals surface area contributed by atoms with E-state index in [0.717, 1.165) is 71.3 Å². The summed E-state index contributed by atoms with van der Waals surface area (Å²) in [5, 5.41) is 10.6. The van der Waals surface area contributed by atoms with Gasteiger partial charge >= 0.3 is 0 Å². The molecule has 2 aliphatic rings. The minimum atomic E-state index is -0.236. The van der Waals surface area contributed by atoms with Crippen molar-refractivity contribution >= 4 is 43.4 Å². The Hall–Kier alpha value is -2.07. The number of morpholine rings is 1. The topological polar surface area (TPSA) is 83.8 Å². The lowest BCUT2D eigenvalue weighted by molar-refractivity contribution is -0.0396. The van der Waals surface area contributed by atoms with Crippen molar-refractivity contribution in [2.75, 3.05) is 55.8 Å². The molecule has 0 atom stereocenters. The molecule has 2 aliphatic heterocycles. The fourth-order valence-electron chi connectivity index (χ4n) is 4.57. The van der Waals surface area contributed by atoms with E-state index in [9.17, 15) is 5.11 Å². The van der Waals surface area contributed by atoms with Gasteiger partial charge in [-0.2, -0.15) is 0 Å². The van der Waals surface area contributed by atoms with Crippen LogP contribution in [0.25, 0.3) is 20.4 Å². The number of hydrogen-bond acceptors (Lipinski definition) is 9. The summed E-state index contributed by atoms with van der Waals surface area (Å²) in [4.78, 5) is 19.8. The number of ether oxygens (including phenoxy) is 2. The van der Waals surface area contributed by atoms with Crippen LogP contribution in [-0.4, -0.2) is 71.7 Å². The van der Waals surface area contributed by atoms with E-state index in [1.807, 2.05) is 0 Å². The first-order valence-electron chi connectivity index (χ1n) is 10.9. The van der Waals surface area contributed by atoms with Gasteiger partial charge < -0.3 is 24.4 Å². The van der Waals surface area contributed by atoms with Crippen molar-refractivity contribution in [1.29, 1.82) is 0 Å². The first-order chi connectivity index (χ1) is 15.0. The van der Waals surface area contributed by atoms with E-state index in [2.05, 4.69) is 35.6 Å². The van der Waals surface area contributed by atoms with Crippen LogP contribution in [0.15, 0.2) is 6.33 Å². The standard InChI is InChI=1S/C22H29N5O3S/c1-4-26(5-8-28)20-18-17(23-13-24-20)16-14-11-22(2,3)30-12-15(14)19(25-21(16)31-18)27-6-9-29-10-7-27/h13,28H,4-12H2,1-3H3. The molecule has 0 saturated carbocycles. The number of likely N-dealkylation sites (N-methyl/N-ethyl adjacent to an activating group) is 1. The van der Waals surface area contributed by atoms with Crippen molar-refractivity contribution in [3.05, 3.63) is 17.5 Å². The molecule has 5 rings (SSSR count). The molecule has 0 unspecified atom stereocenters. The fraction of sp³-hybridized carbons (Fsp3) is 0.591. The quantitative estimate of drug-likeness (QED) is 0.645. The van der Waals surface area contributed by atoms with Crippen LogP contribution in [0.4, 0.5) is 11.6 Å². The van der Waals surface area contributed by atoms with Gasteiger partial charge in [-0.05, 0) is 26.3 Å². The Morgan fingerprint density at radius 3 is 2.77 bits per heavy atom. The van der Waals surface area contributed by atoms with Crippen molar-refractivity contribution in [3.63, 3.8) is 0 Å². The summed E-state index contributed by atoms with van der Waals surface area (Å²) in [6, 6.07) is 0. The van der Waals surface area contributed by atoms with Crippen LogP contribution >= 0.6 is 11.3 Å². The predicted molar refractivity (Wildman–Crippen MR) is 123 cm³/mol. The minimum Gasteiger partial charge on any atom is -0.395 e. The van der Waals surface area contributed by atoms with Crippen LogP contribution in [0.1, 0.15) is 31.9 Å². The SMILES string of the molecule is CCN(CCO)c1ncnc2c1sc1nc(N3CCOCC3)c3c(c12)CC(C)(C)OC3. The summed E-state index contributed by atoms with van der Waals surface area (Å²) in [7, 11) is 0. The highest BCUT2D eigenvalue weighted by molar-refractivity contribution is 7.26. The molecule has 3 aromatic rings. The molecule has 9 heteroatoms. The van der Waals surface area contributed by atoms with Gasteiger partial charge in [0.15, 0.2) is 0 Å². The number of pyridine rings is 1. The lowest BCUT2D eigenvalue weighted by atomic mass is 9.90. The molecule has 5 heterocycles. The maximum absolute atomic E-state index is 9.51. The molecule has 3 aromatic heterocycles. The zero-order chi connectivity index (χ0) is 21.6. The van der Waals surface area contributed by atoms with Gasteiger partial charge in [0.2, 0.25) is 0 Å². The highest BCUT2D eigenvalue weighted by Crippen LogP contribution is 2.44. The third kappa shape index (κ3) is 3.63. The van der Waals surface area contributed by atoms with E-state index in [0.29, 0.717) is 13.2 Å². The second-order valence-electron chi connectivity index (χ2n) is 8.68. The average molecular weight is 444 g/mol. The second kappa shape index (κ2) is 8.12. The summed E-state index contributed by atoms with van der Waals surface area (Å²) >= 11 is 1.65. The molecular formula is C22H29N5O3S. The number of aliphatic hydroxyl groups is 1. The predicted octanol–water partition coefficient (Wildman–Crippen LogP) is 2.75. The zero-order valence-electron chi connectivity index (χ0n) is 18.3. The van der Waals surface area contributed by atoms with Crippen molar-refractivity contribution in [2.45, 2.75) is 39.4 Å². The van der Waals surface area contributed by atoms with Gasteiger partial charge in [0.05, 0.1) is 42.2 Å². The van der Waals surface area contributed by atoms with Gasteiger partial charge in [-0.3, -0.25) is 0 Å². The van der Waals surface area contributed by atoms with Crippen LogP contribution in [0.3, 0.4) is 0 Å². The molecule has 166 valence electrons. The Morgan fingerprint density at radius 1 is 1.23 bits per heavy atom. The van der Waals surface area contributed by atoms with Crippen molar-refractivity contribution < 1.29 is 14.6 Å². The molecule has 0 amide bonds. The van der Waals surface area contributed by atoms with Gasteiger partial charge in [-0.25, -0.2) is 15.0 Å². The Morgan fingerprint density at radius 2 is 2.03 bits per heavy atom. The van der Waals surface area contributed by atoms with E-state index in [1.165, 1.54) is 11.1 Å². The molecule has 0 aromatic carbocycles. The fourth-order valence-corrected chi connectivity index (χ4v) is 5.75. The summed E-state index contributed by atoms with van der Waals surface area (Å²) < 4.78 is 12.8. The summed E-state index contributed by atoms with van der Waals surface area (Å²) in [5.74, 6) is 1.89. The molecule has 0 spiro atoms. The Labute approximate surface area is 185 Å². The van der Waals surface area contributed by atoms with Gasteiger partial charge in [0, 0.05) is 43.5 Å². The normalized spacial score (nSPS) is 18.5. The van der Waals surface area contributed by atoms with Crippen LogP contribution in [0, 0.1) is 0 Å². The lowest BCUT2D eigenvalue weighted by Gasteiger charge is -2.36. The molecular weight excluding hydrogens is 414 g/mol. The molecule has 31 heavy (non-hydrogen) atoms. The minimum absolute atomic E-state index is 0.0879.